The maximum Gasteiger partial charge on any atom is 0.269 e. The molecule has 3 rings (SSSR count). The SMILES string of the molecule is CC(C)CN1C(=O)C2(CC2)NC1c1cccc([N+](=O)[O-])c1. The van der Waals surface area contributed by atoms with Gasteiger partial charge in [0.25, 0.3) is 5.69 Å². The van der Waals surface area contributed by atoms with E-state index in [2.05, 4.69) is 19.2 Å². The number of amides is 1. The van der Waals surface area contributed by atoms with Crippen molar-refractivity contribution in [3.8, 4) is 0 Å². The fourth-order valence-corrected chi connectivity index (χ4v) is 2.93. The molecule has 1 amide bonds. The van der Waals surface area contributed by atoms with Crippen LogP contribution in [0.3, 0.4) is 0 Å². The molecule has 1 aliphatic carbocycles. The highest BCUT2D eigenvalue weighted by molar-refractivity contribution is 5.92. The number of hydrogen-bond acceptors (Lipinski definition) is 4. The zero-order chi connectivity index (χ0) is 15.2. The van der Waals surface area contributed by atoms with E-state index in [1.165, 1.54) is 6.07 Å². The lowest BCUT2D eigenvalue weighted by atomic mass is 10.1. The van der Waals surface area contributed by atoms with Gasteiger partial charge in [-0.2, -0.15) is 0 Å². The maximum atomic E-state index is 12.6. The van der Waals surface area contributed by atoms with Crippen LogP contribution < -0.4 is 5.32 Å². The largest absolute Gasteiger partial charge is 0.321 e. The van der Waals surface area contributed by atoms with Crippen molar-refractivity contribution in [2.75, 3.05) is 6.54 Å². The highest BCUT2D eigenvalue weighted by Gasteiger charge is 2.59. The first-order chi connectivity index (χ1) is 9.93. The number of nitrogens with one attached hydrogen (secondary N) is 1. The van der Waals surface area contributed by atoms with Crippen LogP contribution in [0.25, 0.3) is 0 Å². The van der Waals surface area contributed by atoms with Crippen LogP contribution in [0.2, 0.25) is 0 Å². The lowest BCUT2D eigenvalue weighted by Gasteiger charge is -2.26. The fourth-order valence-electron chi connectivity index (χ4n) is 2.93. The van der Waals surface area contributed by atoms with E-state index in [9.17, 15) is 14.9 Å². The van der Waals surface area contributed by atoms with Gasteiger partial charge in [-0.3, -0.25) is 20.2 Å². The summed E-state index contributed by atoms with van der Waals surface area (Å²) in [5.74, 6) is 0.485. The Kier molecular flexibility index (Phi) is 3.20. The number of rotatable bonds is 4. The van der Waals surface area contributed by atoms with Crippen molar-refractivity contribution in [3.05, 3.63) is 39.9 Å². The van der Waals surface area contributed by atoms with Crippen LogP contribution in [0.5, 0.6) is 0 Å². The van der Waals surface area contributed by atoms with E-state index in [0.29, 0.717) is 12.5 Å². The van der Waals surface area contributed by atoms with Crippen LogP contribution in [-0.2, 0) is 4.79 Å². The van der Waals surface area contributed by atoms with Gasteiger partial charge in [-0.1, -0.05) is 26.0 Å². The van der Waals surface area contributed by atoms with Crippen LogP contribution in [0.4, 0.5) is 5.69 Å². The minimum Gasteiger partial charge on any atom is -0.321 e. The summed E-state index contributed by atoms with van der Waals surface area (Å²) in [5.41, 5.74) is 0.425. The molecule has 6 heteroatoms. The van der Waals surface area contributed by atoms with E-state index in [4.69, 9.17) is 0 Å². The molecule has 1 saturated heterocycles. The van der Waals surface area contributed by atoms with Gasteiger partial charge in [0, 0.05) is 18.7 Å². The lowest BCUT2D eigenvalue weighted by Crippen LogP contribution is -2.34. The molecule has 0 radical (unpaired) electrons. The van der Waals surface area contributed by atoms with Crippen molar-refractivity contribution in [1.82, 2.24) is 10.2 Å². The van der Waals surface area contributed by atoms with Gasteiger partial charge in [0.2, 0.25) is 5.91 Å². The van der Waals surface area contributed by atoms with Gasteiger partial charge in [-0.05, 0) is 24.3 Å². The number of carbonyl (C=O) groups is 1. The Balaban J connectivity index is 1.93. The lowest BCUT2D eigenvalue weighted by molar-refractivity contribution is -0.385. The van der Waals surface area contributed by atoms with Crippen molar-refractivity contribution >= 4 is 11.6 Å². The van der Waals surface area contributed by atoms with Crippen molar-refractivity contribution in [1.29, 1.82) is 0 Å². The second-order valence-corrected chi connectivity index (χ2v) is 6.33. The molecule has 1 aromatic rings. The zero-order valence-electron chi connectivity index (χ0n) is 12.2. The molecule has 1 unspecified atom stereocenters. The van der Waals surface area contributed by atoms with Crippen LogP contribution in [0, 0.1) is 16.0 Å². The monoisotopic (exact) mass is 289 g/mol. The molecule has 1 heterocycles. The Labute approximate surface area is 123 Å². The average molecular weight is 289 g/mol. The van der Waals surface area contributed by atoms with Crippen molar-refractivity contribution in [2.24, 2.45) is 5.92 Å². The number of nitro benzene ring substituents is 1. The van der Waals surface area contributed by atoms with Crippen molar-refractivity contribution < 1.29 is 9.72 Å². The summed E-state index contributed by atoms with van der Waals surface area (Å²) < 4.78 is 0. The minimum absolute atomic E-state index is 0.0583. The number of carbonyl (C=O) groups excluding carboxylic acids is 1. The molecular weight excluding hydrogens is 270 g/mol. The first-order valence-electron chi connectivity index (χ1n) is 7.26. The third kappa shape index (κ3) is 2.40. The molecule has 112 valence electrons. The highest BCUT2D eigenvalue weighted by atomic mass is 16.6. The van der Waals surface area contributed by atoms with Gasteiger partial charge in [-0.25, -0.2) is 0 Å². The summed E-state index contributed by atoms with van der Waals surface area (Å²) in [6.45, 7) is 4.78. The topological polar surface area (TPSA) is 75.5 Å². The zero-order valence-corrected chi connectivity index (χ0v) is 12.2. The van der Waals surface area contributed by atoms with Gasteiger partial charge in [0.1, 0.15) is 11.7 Å². The third-order valence-electron chi connectivity index (χ3n) is 4.10. The van der Waals surface area contributed by atoms with Crippen LogP contribution in [0.1, 0.15) is 38.4 Å². The van der Waals surface area contributed by atoms with Gasteiger partial charge < -0.3 is 4.90 Å². The van der Waals surface area contributed by atoms with Gasteiger partial charge >= 0.3 is 0 Å². The third-order valence-corrected chi connectivity index (χ3v) is 4.10. The number of benzene rings is 1. The molecule has 21 heavy (non-hydrogen) atoms. The smallest absolute Gasteiger partial charge is 0.269 e. The molecule has 1 saturated carbocycles. The Bertz CT molecular complexity index is 596. The summed E-state index contributed by atoms with van der Waals surface area (Å²) in [6.07, 6.45) is 1.44. The van der Waals surface area contributed by atoms with Gasteiger partial charge in [0.15, 0.2) is 0 Å². The Morgan fingerprint density at radius 3 is 2.76 bits per heavy atom. The molecule has 6 nitrogen and oxygen atoms in total. The van der Waals surface area contributed by atoms with E-state index in [0.717, 1.165) is 18.4 Å². The van der Waals surface area contributed by atoms with E-state index in [-0.39, 0.29) is 17.8 Å². The Morgan fingerprint density at radius 2 is 2.19 bits per heavy atom. The van der Waals surface area contributed by atoms with E-state index in [1.807, 2.05) is 11.0 Å². The quantitative estimate of drug-likeness (QED) is 0.681. The van der Waals surface area contributed by atoms with Crippen molar-refractivity contribution in [2.45, 2.75) is 38.4 Å². The molecule has 1 N–H and O–H groups in total. The molecule has 1 spiro atoms. The predicted molar refractivity (Wildman–Crippen MR) is 77.5 cm³/mol. The number of hydrogen-bond donors (Lipinski definition) is 1. The molecule has 2 fully saturated rings. The molecule has 1 atom stereocenters. The van der Waals surface area contributed by atoms with Gasteiger partial charge in [-0.15, -0.1) is 0 Å². The second kappa shape index (κ2) is 4.80. The summed E-state index contributed by atoms with van der Waals surface area (Å²) in [7, 11) is 0. The van der Waals surface area contributed by atoms with Gasteiger partial charge in [0.05, 0.1) is 4.92 Å². The second-order valence-electron chi connectivity index (χ2n) is 6.33. The fraction of sp³-hybridized carbons (Fsp3) is 0.533. The van der Waals surface area contributed by atoms with Crippen LogP contribution >= 0.6 is 0 Å². The Hall–Kier alpha value is -1.95. The molecule has 1 aromatic carbocycles. The van der Waals surface area contributed by atoms with E-state index >= 15 is 0 Å². The minimum atomic E-state index is -0.413. The van der Waals surface area contributed by atoms with Crippen molar-refractivity contribution in [3.63, 3.8) is 0 Å². The summed E-state index contributed by atoms with van der Waals surface area (Å²) >= 11 is 0. The molecule has 0 bridgehead atoms. The predicted octanol–water partition coefficient (Wildman–Crippen LogP) is 2.21. The maximum absolute atomic E-state index is 12.6. The molecule has 1 aliphatic heterocycles. The first kappa shape index (κ1) is 14.0. The summed E-state index contributed by atoms with van der Waals surface area (Å²) in [5, 5.41) is 14.3. The van der Waals surface area contributed by atoms with E-state index < -0.39 is 10.5 Å². The molecule has 2 aliphatic rings. The molecular formula is C15H19N3O3. The number of nitro groups is 1. The Morgan fingerprint density at radius 1 is 1.48 bits per heavy atom. The van der Waals surface area contributed by atoms with Crippen LogP contribution in [-0.4, -0.2) is 27.8 Å². The van der Waals surface area contributed by atoms with Crippen LogP contribution in [0.15, 0.2) is 24.3 Å². The average Bonchev–Trinajstić information content (AvgIpc) is 3.17. The normalized spacial score (nSPS) is 23.1. The number of nitrogens with zero attached hydrogens (tertiary/aromatic N) is 2. The standard InChI is InChI=1S/C15H19N3O3/c1-10(2)9-17-13(16-15(6-7-15)14(17)19)11-4-3-5-12(8-11)18(20)21/h3-5,8,10,13,16H,6-7,9H2,1-2H3. The highest BCUT2D eigenvalue weighted by Crippen LogP contribution is 2.46. The first-order valence-corrected chi connectivity index (χ1v) is 7.26. The molecule has 0 aromatic heterocycles. The summed E-state index contributed by atoms with van der Waals surface area (Å²) in [4.78, 5) is 24.9. The summed E-state index contributed by atoms with van der Waals surface area (Å²) in [6, 6.07) is 6.54. The number of non-ortho nitro benzene ring substituents is 1. The van der Waals surface area contributed by atoms with E-state index in [1.54, 1.807) is 12.1 Å².